The summed E-state index contributed by atoms with van der Waals surface area (Å²) in [6.45, 7) is 4.45. The quantitative estimate of drug-likeness (QED) is 0.802. The molecule has 0 saturated heterocycles. The van der Waals surface area contributed by atoms with Crippen LogP contribution in [-0.2, 0) is 17.1 Å². The van der Waals surface area contributed by atoms with E-state index in [0.717, 1.165) is 0 Å². The van der Waals surface area contributed by atoms with Crippen LogP contribution in [0.15, 0.2) is 9.63 Å². The lowest BCUT2D eigenvalue weighted by atomic mass is 10.0. The number of nitrogens with zero attached hydrogens (tertiary/aromatic N) is 4. The van der Waals surface area contributed by atoms with Crippen molar-refractivity contribution in [3.63, 3.8) is 0 Å². The zero-order valence-electron chi connectivity index (χ0n) is 11.8. The predicted octanol–water partition coefficient (Wildman–Crippen LogP) is 0.442. The number of nitrogens with one attached hydrogen (secondary N) is 1. The molecule has 1 aromatic heterocycles. The lowest BCUT2D eigenvalue weighted by Crippen LogP contribution is -2.43. The normalized spacial score (nSPS) is 14.3. The molecule has 0 aliphatic rings. The molecule has 0 aliphatic heterocycles. The van der Waals surface area contributed by atoms with Crippen LogP contribution in [0.25, 0.3) is 0 Å². The van der Waals surface area contributed by atoms with Gasteiger partial charge in [0.15, 0.2) is 4.60 Å². The Kier molecular flexibility index (Phi) is 5.48. The monoisotopic (exact) mass is 353 g/mol. The first-order valence-electron chi connectivity index (χ1n) is 5.88. The summed E-state index contributed by atoms with van der Waals surface area (Å²) >= 11 is 3.09. The molecule has 0 amide bonds. The molecule has 1 rings (SSSR count). The van der Waals surface area contributed by atoms with E-state index in [1.165, 1.54) is 11.7 Å². The summed E-state index contributed by atoms with van der Waals surface area (Å²) < 4.78 is 28.5. The van der Waals surface area contributed by atoms with Crippen molar-refractivity contribution in [3.8, 4) is 0 Å². The van der Waals surface area contributed by atoms with Gasteiger partial charge in [-0.15, -0.1) is 5.10 Å². The molecule has 0 aromatic carbocycles. The average molecular weight is 354 g/mol. The number of rotatable bonds is 6. The second-order valence-electron chi connectivity index (χ2n) is 4.94. The van der Waals surface area contributed by atoms with Gasteiger partial charge in [0.25, 0.3) is 10.0 Å². The van der Waals surface area contributed by atoms with Crippen molar-refractivity contribution in [2.45, 2.75) is 24.9 Å². The SMILES string of the molecule is CC(C)C(CNS(=O)(=O)c1c(Br)nnn1C)N(C)C. The van der Waals surface area contributed by atoms with Crippen molar-refractivity contribution in [1.82, 2.24) is 24.6 Å². The van der Waals surface area contributed by atoms with Gasteiger partial charge in [-0.1, -0.05) is 19.1 Å². The molecule has 0 radical (unpaired) electrons. The molecular weight excluding hydrogens is 334 g/mol. The fraction of sp³-hybridized carbons (Fsp3) is 0.800. The summed E-state index contributed by atoms with van der Waals surface area (Å²) in [6.07, 6.45) is 0. The van der Waals surface area contributed by atoms with Crippen LogP contribution < -0.4 is 4.72 Å². The Morgan fingerprint density at radius 1 is 1.42 bits per heavy atom. The molecule has 1 aromatic rings. The maximum absolute atomic E-state index is 12.2. The zero-order chi connectivity index (χ0) is 14.8. The molecule has 0 saturated carbocycles. The van der Waals surface area contributed by atoms with Crippen LogP contribution in [0.3, 0.4) is 0 Å². The van der Waals surface area contributed by atoms with E-state index in [4.69, 9.17) is 0 Å². The van der Waals surface area contributed by atoms with Gasteiger partial charge in [0.2, 0.25) is 5.03 Å². The van der Waals surface area contributed by atoms with E-state index in [-0.39, 0.29) is 15.7 Å². The van der Waals surface area contributed by atoms with Gasteiger partial charge in [0, 0.05) is 19.6 Å². The van der Waals surface area contributed by atoms with Gasteiger partial charge in [0.05, 0.1) is 0 Å². The molecule has 1 N–H and O–H groups in total. The van der Waals surface area contributed by atoms with Crippen LogP contribution in [0.1, 0.15) is 13.8 Å². The summed E-state index contributed by atoms with van der Waals surface area (Å²) in [4.78, 5) is 2.00. The molecule has 0 spiro atoms. The van der Waals surface area contributed by atoms with E-state index >= 15 is 0 Å². The van der Waals surface area contributed by atoms with Crippen molar-refractivity contribution in [3.05, 3.63) is 4.60 Å². The minimum atomic E-state index is -3.63. The third-order valence-electron chi connectivity index (χ3n) is 2.91. The number of sulfonamides is 1. The molecule has 1 unspecified atom stereocenters. The van der Waals surface area contributed by atoms with Crippen LogP contribution in [0.2, 0.25) is 0 Å². The average Bonchev–Trinajstić information content (AvgIpc) is 2.57. The van der Waals surface area contributed by atoms with Crippen LogP contribution in [0.5, 0.6) is 0 Å². The highest BCUT2D eigenvalue weighted by molar-refractivity contribution is 9.10. The van der Waals surface area contributed by atoms with Gasteiger partial charge >= 0.3 is 0 Å². The van der Waals surface area contributed by atoms with Crippen molar-refractivity contribution in [2.24, 2.45) is 13.0 Å². The first-order chi connectivity index (χ1) is 8.66. The molecule has 7 nitrogen and oxygen atoms in total. The molecule has 0 aliphatic carbocycles. The first kappa shape index (κ1) is 16.5. The molecule has 1 heterocycles. The standard InChI is InChI=1S/C10H20BrN5O2S/c1-7(2)8(15(3)4)6-12-19(17,18)10-9(11)13-14-16(10)5/h7-8,12H,6H2,1-5H3. The lowest BCUT2D eigenvalue weighted by Gasteiger charge is -2.27. The van der Waals surface area contributed by atoms with Crippen molar-refractivity contribution < 1.29 is 8.42 Å². The van der Waals surface area contributed by atoms with Gasteiger partial charge in [-0.2, -0.15) is 0 Å². The van der Waals surface area contributed by atoms with E-state index in [1.54, 1.807) is 0 Å². The van der Waals surface area contributed by atoms with Crippen LogP contribution >= 0.6 is 15.9 Å². The van der Waals surface area contributed by atoms with E-state index in [2.05, 4.69) is 44.8 Å². The van der Waals surface area contributed by atoms with E-state index in [1.807, 2.05) is 19.0 Å². The number of aromatic nitrogens is 3. The van der Waals surface area contributed by atoms with Crippen molar-refractivity contribution in [2.75, 3.05) is 20.6 Å². The van der Waals surface area contributed by atoms with Gasteiger partial charge < -0.3 is 4.90 Å². The summed E-state index contributed by atoms with van der Waals surface area (Å²) in [5.74, 6) is 0.339. The maximum Gasteiger partial charge on any atom is 0.260 e. The highest BCUT2D eigenvalue weighted by Crippen LogP contribution is 2.18. The Labute approximate surface area is 122 Å². The van der Waals surface area contributed by atoms with Crippen LogP contribution in [-0.4, -0.2) is 55.0 Å². The van der Waals surface area contributed by atoms with E-state index in [9.17, 15) is 8.42 Å². The van der Waals surface area contributed by atoms with Crippen LogP contribution in [0.4, 0.5) is 0 Å². The fourth-order valence-corrected chi connectivity index (χ4v) is 4.03. The Morgan fingerprint density at radius 3 is 2.37 bits per heavy atom. The van der Waals surface area contributed by atoms with Crippen molar-refractivity contribution >= 4 is 26.0 Å². The number of hydrogen-bond donors (Lipinski definition) is 1. The van der Waals surface area contributed by atoms with Crippen LogP contribution in [0, 0.1) is 5.92 Å². The van der Waals surface area contributed by atoms with Gasteiger partial charge in [-0.25, -0.2) is 17.8 Å². The van der Waals surface area contributed by atoms with E-state index in [0.29, 0.717) is 12.5 Å². The number of halogens is 1. The molecule has 1 atom stereocenters. The molecule has 110 valence electrons. The van der Waals surface area contributed by atoms with Gasteiger partial charge in [-0.3, -0.25) is 0 Å². The maximum atomic E-state index is 12.2. The summed E-state index contributed by atoms with van der Waals surface area (Å²) in [6, 6.07) is 0.120. The molecule has 19 heavy (non-hydrogen) atoms. The smallest absolute Gasteiger partial charge is 0.260 e. The third-order valence-corrected chi connectivity index (χ3v) is 5.22. The second-order valence-corrected chi connectivity index (χ2v) is 7.37. The Hall–Kier alpha value is -0.510. The highest BCUT2D eigenvalue weighted by Gasteiger charge is 2.26. The predicted molar refractivity (Wildman–Crippen MR) is 76.2 cm³/mol. The van der Waals surface area contributed by atoms with Gasteiger partial charge in [-0.05, 0) is 35.9 Å². The Bertz CT molecular complexity index is 499. The Morgan fingerprint density at radius 2 is 2.00 bits per heavy atom. The lowest BCUT2D eigenvalue weighted by molar-refractivity contribution is 0.233. The summed E-state index contributed by atoms with van der Waals surface area (Å²) in [5.41, 5.74) is 0. The minimum Gasteiger partial charge on any atom is -0.305 e. The molecule has 0 fully saturated rings. The first-order valence-corrected chi connectivity index (χ1v) is 8.15. The number of aryl methyl sites for hydroxylation is 1. The van der Waals surface area contributed by atoms with E-state index < -0.39 is 10.0 Å². The second kappa shape index (κ2) is 6.29. The largest absolute Gasteiger partial charge is 0.305 e. The highest BCUT2D eigenvalue weighted by atomic mass is 79.9. The Balaban J connectivity index is 2.87. The zero-order valence-corrected chi connectivity index (χ0v) is 14.2. The molecular formula is C10H20BrN5O2S. The number of hydrogen-bond acceptors (Lipinski definition) is 5. The van der Waals surface area contributed by atoms with Crippen molar-refractivity contribution in [1.29, 1.82) is 0 Å². The number of likely N-dealkylation sites (N-methyl/N-ethyl adjacent to an activating group) is 1. The third kappa shape index (κ3) is 3.98. The fourth-order valence-electron chi connectivity index (χ4n) is 1.89. The molecule has 9 heteroatoms. The summed E-state index contributed by atoms with van der Waals surface area (Å²) in [5, 5.41) is 7.39. The van der Waals surface area contributed by atoms with Gasteiger partial charge in [0.1, 0.15) is 0 Å². The minimum absolute atomic E-state index is 0.0359. The summed E-state index contributed by atoms with van der Waals surface area (Å²) in [7, 11) is 1.78. The molecule has 0 bridgehead atoms. The topological polar surface area (TPSA) is 80.1 Å².